The van der Waals surface area contributed by atoms with E-state index in [1.807, 2.05) is 0 Å². The lowest BCUT2D eigenvalue weighted by atomic mass is 10.7. The maximum atomic E-state index is 7.75. The molecule has 0 spiro atoms. The molecule has 0 radical (unpaired) electrons. The Morgan fingerprint density at radius 1 is 0.889 bits per heavy atom. The number of hydrogen-bond donors (Lipinski definition) is 5. The first kappa shape index (κ1) is 15.9. The first-order valence-electron chi connectivity index (χ1n) is 2.54. The van der Waals surface area contributed by atoms with Crippen molar-refractivity contribution >= 4 is 0 Å². The fraction of sp³-hybridized carbons (Fsp3) is 1.00. The molecule has 5 heteroatoms. The van der Waals surface area contributed by atoms with Crippen LogP contribution in [0.1, 0.15) is 0 Å². The summed E-state index contributed by atoms with van der Waals surface area (Å²) in [6.07, 6.45) is 0. The van der Waals surface area contributed by atoms with Crippen molar-refractivity contribution in [3.8, 4) is 0 Å². The Kier molecular flexibility index (Phi) is 44.2. The molecule has 0 unspecified atom stereocenters. The summed E-state index contributed by atoms with van der Waals surface area (Å²) in [7, 11) is 0. The Morgan fingerprint density at radius 3 is 1.11 bits per heavy atom. The van der Waals surface area contributed by atoms with Crippen LogP contribution in [0.5, 0.6) is 0 Å². The van der Waals surface area contributed by atoms with E-state index in [1.54, 1.807) is 0 Å². The molecule has 0 saturated heterocycles. The summed E-state index contributed by atoms with van der Waals surface area (Å²) in [6.45, 7) is 1.67. The van der Waals surface area contributed by atoms with Gasteiger partial charge in [-0.1, -0.05) is 0 Å². The minimum Gasteiger partial charge on any atom is -0.395 e. The van der Waals surface area contributed by atoms with Gasteiger partial charge in [-0.15, -0.1) is 0 Å². The van der Waals surface area contributed by atoms with Crippen molar-refractivity contribution in [3.05, 3.63) is 0 Å². The fourth-order valence-corrected chi connectivity index (χ4v) is 0. The number of nitrogens with two attached hydrogens (primary N) is 3. The summed E-state index contributed by atoms with van der Waals surface area (Å²) in [5.41, 5.74) is 14.6. The SMILES string of the molecule is N.NCCN.NCCO. The second-order valence-corrected chi connectivity index (χ2v) is 1.09. The summed E-state index contributed by atoms with van der Waals surface area (Å²) in [5.74, 6) is 0. The van der Waals surface area contributed by atoms with E-state index in [0.29, 0.717) is 19.6 Å². The summed E-state index contributed by atoms with van der Waals surface area (Å²) in [6, 6.07) is 0. The van der Waals surface area contributed by atoms with Gasteiger partial charge in [-0.05, 0) is 0 Å². The van der Waals surface area contributed by atoms with Crippen LogP contribution in [0.3, 0.4) is 0 Å². The van der Waals surface area contributed by atoms with Crippen LogP contribution in [0, 0.1) is 0 Å². The van der Waals surface area contributed by atoms with E-state index in [4.69, 9.17) is 22.3 Å². The van der Waals surface area contributed by atoms with Gasteiger partial charge in [-0.2, -0.15) is 0 Å². The van der Waals surface area contributed by atoms with Gasteiger partial charge in [-0.25, -0.2) is 0 Å². The van der Waals surface area contributed by atoms with Gasteiger partial charge in [-0.3, -0.25) is 0 Å². The predicted octanol–water partition coefficient (Wildman–Crippen LogP) is -2.00. The van der Waals surface area contributed by atoms with Crippen molar-refractivity contribution in [1.82, 2.24) is 6.15 Å². The molecule has 0 bridgehead atoms. The molecule has 0 atom stereocenters. The maximum absolute atomic E-state index is 7.75. The van der Waals surface area contributed by atoms with E-state index in [2.05, 4.69) is 0 Å². The van der Waals surface area contributed by atoms with Gasteiger partial charge < -0.3 is 28.5 Å². The molecule has 0 heterocycles. The average molecular weight is 138 g/mol. The molecular weight excluding hydrogens is 120 g/mol. The lowest BCUT2D eigenvalue weighted by molar-refractivity contribution is 0.306. The van der Waals surface area contributed by atoms with Gasteiger partial charge in [0.1, 0.15) is 0 Å². The quantitative estimate of drug-likeness (QED) is 0.301. The lowest BCUT2D eigenvalue weighted by Crippen LogP contribution is -2.11. The number of aliphatic hydroxyl groups is 1. The van der Waals surface area contributed by atoms with Crippen LogP contribution in [0.2, 0.25) is 0 Å². The summed E-state index contributed by atoms with van der Waals surface area (Å²) >= 11 is 0. The molecule has 10 N–H and O–H groups in total. The smallest absolute Gasteiger partial charge is 0.0553 e. The monoisotopic (exact) mass is 138 g/mol. The van der Waals surface area contributed by atoms with Crippen molar-refractivity contribution in [1.29, 1.82) is 0 Å². The van der Waals surface area contributed by atoms with E-state index in [0.717, 1.165) is 0 Å². The third kappa shape index (κ3) is 81.0. The second kappa shape index (κ2) is 25.0. The van der Waals surface area contributed by atoms with E-state index in [9.17, 15) is 0 Å². The first-order valence-corrected chi connectivity index (χ1v) is 2.54. The van der Waals surface area contributed by atoms with Crippen LogP contribution in [-0.2, 0) is 0 Å². The zero-order valence-electron chi connectivity index (χ0n) is 5.71. The number of hydrogen-bond acceptors (Lipinski definition) is 5. The molecule has 5 nitrogen and oxygen atoms in total. The van der Waals surface area contributed by atoms with Gasteiger partial charge in [0.25, 0.3) is 0 Å². The number of rotatable bonds is 2. The molecule has 0 aromatic rings. The normalized spacial score (nSPS) is 6.67. The molecule has 0 aromatic heterocycles. The van der Waals surface area contributed by atoms with Crippen LogP contribution in [0.4, 0.5) is 0 Å². The molecular formula is C4H18N4O. The Morgan fingerprint density at radius 2 is 1.11 bits per heavy atom. The number of aliphatic hydroxyl groups excluding tert-OH is 1. The fourth-order valence-electron chi connectivity index (χ4n) is 0. The molecule has 0 saturated carbocycles. The minimum atomic E-state index is 0. The highest BCUT2D eigenvalue weighted by Crippen LogP contribution is 1.33. The highest BCUT2D eigenvalue weighted by Gasteiger charge is 1.56. The molecule has 0 aliphatic heterocycles. The Balaban J connectivity index is -0.0000000720. The minimum absolute atomic E-state index is 0. The Bertz CT molecular complexity index is 20.5. The van der Waals surface area contributed by atoms with Gasteiger partial charge in [0.05, 0.1) is 6.61 Å². The van der Waals surface area contributed by atoms with Crippen molar-refractivity contribution < 1.29 is 5.11 Å². The van der Waals surface area contributed by atoms with E-state index in [-0.39, 0.29) is 12.8 Å². The van der Waals surface area contributed by atoms with Crippen LogP contribution in [0.25, 0.3) is 0 Å². The van der Waals surface area contributed by atoms with Gasteiger partial charge >= 0.3 is 0 Å². The van der Waals surface area contributed by atoms with Crippen LogP contribution in [-0.4, -0.2) is 31.3 Å². The molecule has 60 valence electrons. The predicted molar refractivity (Wildman–Crippen MR) is 39.3 cm³/mol. The third-order valence-corrected chi connectivity index (χ3v) is 0.296. The van der Waals surface area contributed by atoms with Crippen molar-refractivity contribution in [2.75, 3.05) is 26.2 Å². The van der Waals surface area contributed by atoms with Crippen LogP contribution in [0.15, 0.2) is 0 Å². The van der Waals surface area contributed by atoms with Crippen molar-refractivity contribution in [3.63, 3.8) is 0 Å². The van der Waals surface area contributed by atoms with Crippen LogP contribution < -0.4 is 23.4 Å². The van der Waals surface area contributed by atoms with E-state index in [1.165, 1.54) is 0 Å². The van der Waals surface area contributed by atoms with Gasteiger partial charge in [0.15, 0.2) is 0 Å². The highest BCUT2D eigenvalue weighted by atomic mass is 16.3. The van der Waals surface area contributed by atoms with Crippen LogP contribution >= 0.6 is 0 Å². The summed E-state index contributed by atoms with van der Waals surface area (Å²) in [5, 5.41) is 7.75. The third-order valence-electron chi connectivity index (χ3n) is 0.296. The molecule has 0 aromatic carbocycles. The Hall–Kier alpha value is -0.200. The molecule has 0 aliphatic carbocycles. The lowest BCUT2D eigenvalue weighted by Gasteiger charge is -1.72. The molecule has 0 aliphatic rings. The largest absolute Gasteiger partial charge is 0.395 e. The average Bonchev–Trinajstić information content (AvgIpc) is 1.88. The van der Waals surface area contributed by atoms with Crippen molar-refractivity contribution in [2.45, 2.75) is 0 Å². The summed E-state index contributed by atoms with van der Waals surface area (Å²) in [4.78, 5) is 0. The van der Waals surface area contributed by atoms with E-state index < -0.39 is 0 Å². The standard InChI is InChI=1S/C2H8N2.C2H7NO.H3N/c2*3-1-2-4;/h1-4H2;4H,1-3H2;1H3. The first-order chi connectivity index (χ1) is 3.83. The highest BCUT2D eigenvalue weighted by molar-refractivity contribution is 4.26. The zero-order valence-corrected chi connectivity index (χ0v) is 5.71. The summed E-state index contributed by atoms with van der Waals surface area (Å²) < 4.78 is 0. The maximum Gasteiger partial charge on any atom is 0.0553 e. The molecule has 0 rings (SSSR count). The molecule has 0 fully saturated rings. The van der Waals surface area contributed by atoms with Crippen molar-refractivity contribution in [2.24, 2.45) is 17.2 Å². The Labute approximate surface area is 55.8 Å². The molecule has 0 amide bonds. The van der Waals surface area contributed by atoms with E-state index >= 15 is 0 Å². The van der Waals surface area contributed by atoms with Gasteiger partial charge in [0, 0.05) is 19.6 Å². The topological polar surface area (TPSA) is 133 Å². The zero-order chi connectivity index (χ0) is 6.83. The second-order valence-electron chi connectivity index (χ2n) is 1.09. The van der Waals surface area contributed by atoms with Gasteiger partial charge in [0.2, 0.25) is 0 Å². The molecule has 9 heavy (non-hydrogen) atoms.